The van der Waals surface area contributed by atoms with Crippen LogP contribution in [0.2, 0.25) is 0 Å². The highest BCUT2D eigenvalue weighted by molar-refractivity contribution is 5.89. The number of ether oxygens (including phenoxy) is 3. The van der Waals surface area contributed by atoms with Crippen molar-refractivity contribution in [3.63, 3.8) is 0 Å². The fourth-order valence-electron chi connectivity index (χ4n) is 3.27. The summed E-state index contributed by atoms with van der Waals surface area (Å²) in [6.45, 7) is 1.96. The number of hydrogen-bond donors (Lipinski definition) is 3. The molecule has 0 aromatic heterocycles. The Labute approximate surface area is 169 Å². The third kappa shape index (κ3) is 5.93. The van der Waals surface area contributed by atoms with Crippen LogP contribution in [0, 0.1) is 0 Å². The van der Waals surface area contributed by atoms with Gasteiger partial charge >= 0.3 is 6.03 Å². The average molecular weight is 405 g/mol. The van der Waals surface area contributed by atoms with Crippen LogP contribution in [-0.2, 0) is 14.3 Å². The van der Waals surface area contributed by atoms with Gasteiger partial charge in [0.15, 0.2) is 0 Å². The van der Waals surface area contributed by atoms with Crippen molar-refractivity contribution < 1.29 is 28.9 Å². The van der Waals surface area contributed by atoms with Crippen LogP contribution in [0.25, 0.3) is 0 Å². The first-order valence-electron chi connectivity index (χ1n) is 9.61. The van der Waals surface area contributed by atoms with E-state index in [0.29, 0.717) is 37.7 Å². The van der Waals surface area contributed by atoms with E-state index in [4.69, 9.17) is 14.2 Å². The molecule has 0 saturated carbocycles. The lowest BCUT2D eigenvalue weighted by Gasteiger charge is -2.33. The SMILES string of the molecule is COc1cccc(NC(=O)N[C@H]2C=C[C@@H](CC(=O)N3CCOCC3)O[C@@H]2CO)c1. The van der Waals surface area contributed by atoms with Crippen molar-refractivity contribution >= 4 is 17.6 Å². The minimum Gasteiger partial charge on any atom is -0.497 e. The number of hydrogen-bond acceptors (Lipinski definition) is 6. The van der Waals surface area contributed by atoms with Gasteiger partial charge in [-0.05, 0) is 12.1 Å². The van der Waals surface area contributed by atoms with Crippen LogP contribution >= 0.6 is 0 Å². The summed E-state index contributed by atoms with van der Waals surface area (Å²) in [5.41, 5.74) is 0.581. The largest absolute Gasteiger partial charge is 0.497 e. The molecule has 1 aromatic carbocycles. The fourth-order valence-corrected chi connectivity index (χ4v) is 3.27. The van der Waals surface area contributed by atoms with E-state index in [1.54, 1.807) is 48.4 Å². The highest BCUT2D eigenvalue weighted by Crippen LogP contribution is 2.19. The third-order valence-electron chi connectivity index (χ3n) is 4.83. The predicted molar refractivity (Wildman–Crippen MR) is 106 cm³/mol. The minimum atomic E-state index is -0.640. The van der Waals surface area contributed by atoms with Gasteiger partial charge in [-0.25, -0.2) is 4.79 Å². The molecule has 3 amide bonds. The molecule has 1 saturated heterocycles. The second kappa shape index (κ2) is 10.2. The zero-order valence-electron chi connectivity index (χ0n) is 16.4. The zero-order valence-corrected chi connectivity index (χ0v) is 16.4. The molecule has 2 aliphatic rings. The summed E-state index contributed by atoms with van der Waals surface area (Å²) in [4.78, 5) is 26.4. The molecule has 0 aliphatic carbocycles. The first-order valence-corrected chi connectivity index (χ1v) is 9.61. The van der Waals surface area contributed by atoms with Crippen molar-refractivity contribution in [3.8, 4) is 5.75 Å². The second-order valence-electron chi connectivity index (χ2n) is 6.83. The van der Waals surface area contributed by atoms with E-state index in [1.807, 2.05) is 0 Å². The molecule has 158 valence electrons. The summed E-state index contributed by atoms with van der Waals surface area (Å²) in [6, 6.07) is 6.04. The van der Waals surface area contributed by atoms with Gasteiger partial charge < -0.3 is 34.9 Å². The molecule has 2 aliphatic heterocycles. The van der Waals surface area contributed by atoms with Gasteiger partial charge in [0, 0.05) is 24.8 Å². The first kappa shape index (κ1) is 21.1. The topological polar surface area (TPSA) is 109 Å². The maximum Gasteiger partial charge on any atom is 0.319 e. The van der Waals surface area contributed by atoms with E-state index < -0.39 is 24.3 Å². The number of methoxy groups -OCH3 is 1. The Bertz CT molecular complexity index is 735. The van der Waals surface area contributed by atoms with Gasteiger partial charge in [0.05, 0.1) is 45.5 Å². The summed E-state index contributed by atoms with van der Waals surface area (Å²) in [6.07, 6.45) is 2.62. The number of benzene rings is 1. The molecule has 0 radical (unpaired) electrons. The normalized spacial score (nSPS) is 24.1. The standard InChI is InChI=1S/C20H27N3O6/c1-27-15-4-2-3-14(11-15)21-20(26)22-17-6-5-16(29-18(17)13-24)12-19(25)23-7-9-28-10-8-23/h2-6,11,16-18,24H,7-10,12-13H2,1H3,(H2,21,22,26)/t16-,17-,18+/m0/s1. The number of urea groups is 1. The van der Waals surface area contributed by atoms with Crippen LogP contribution in [0.3, 0.4) is 0 Å². The maximum atomic E-state index is 12.4. The number of nitrogens with zero attached hydrogens (tertiary/aromatic N) is 1. The Hall–Kier alpha value is -2.62. The van der Waals surface area contributed by atoms with Crippen molar-refractivity contribution in [2.45, 2.75) is 24.7 Å². The van der Waals surface area contributed by atoms with Crippen molar-refractivity contribution in [1.82, 2.24) is 10.2 Å². The van der Waals surface area contributed by atoms with Crippen molar-refractivity contribution in [1.29, 1.82) is 0 Å². The molecule has 0 bridgehead atoms. The Morgan fingerprint density at radius 2 is 2.07 bits per heavy atom. The Morgan fingerprint density at radius 3 is 2.79 bits per heavy atom. The van der Waals surface area contributed by atoms with Crippen molar-refractivity contribution in [2.75, 3.05) is 45.3 Å². The van der Waals surface area contributed by atoms with Gasteiger partial charge in [-0.3, -0.25) is 4.79 Å². The van der Waals surface area contributed by atoms with Gasteiger partial charge in [-0.1, -0.05) is 18.2 Å². The van der Waals surface area contributed by atoms with Gasteiger partial charge in [-0.15, -0.1) is 0 Å². The summed E-state index contributed by atoms with van der Waals surface area (Å²) in [7, 11) is 1.55. The molecule has 3 atom stereocenters. The van der Waals surface area contributed by atoms with Crippen LogP contribution in [0.5, 0.6) is 5.75 Å². The molecule has 9 heteroatoms. The Morgan fingerprint density at radius 1 is 1.28 bits per heavy atom. The monoisotopic (exact) mass is 405 g/mol. The van der Waals surface area contributed by atoms with Gasteiger partial charge in [0.1, 0.15) is 11.9 Å². The van der Waals surface area contributed by atoms with Gasteiger partial charge in [0.2, 0.25) is 5.91 Å². The van der Waals surface area contributed by atoms with E-state index in [0.717, 1.165) is 0 Å². The van der Waals surface area contributed by atoms with Crippen LogP contribution in [0.15, 0.2) is 36.4 Å². The van der Waals surface area contributed by atoms with Crippen LogP contribution in [0.1, 0.15) is 6.42 Å². The van der Waals surface area contributed by atoms with Crippen molar-refractivity contribution in [3.05, 3.63) is 36.4 Å². The molecule has 2 heterocycles. The van der Waals surface area contributed by atoms with E-state index in [9.17, 15) is 14.7 Å². The molecule has 29 heavy (non-hydrogen) atoms. The van der Waals surface area contributed by atoms with Crippen LogP contribution < -0.4 is 15.4 Å². The lowest BCUT2D eigenvalue weighted by atomic mass is 10.0. The summed E-state index contributed by atoms with van der Waals surface area (Å²) in [5, 5.41) is 15.2. The number of aliphatic hydroxyl groups is 1. The molecule has 1 aromatic rings. The van der Waals surface area contributed by atoms with Gasteiger partial charge in [-0.2, -0.15) is 0 Å². The van der Waals surface area contributed by atoms with E-state index in [1.165, 1.54) is 0 Å². The number of anilines is 1. The Kier molecular flexibility index (Phi) is 7.45. The summed E-state index contributed by atoms with van der Waals surface area (Å²) in [5.74, 6) is 0.617. The summed E-state index contributed by atoms with van der Waals surface area (Å²) < 4.78 is 16.2. The maximum absolute atomic E-state index is 12.4. The number of rotatable bonds is 6. The molecular weight excluding hydrogens is 378 g/mol. The smallest absolute Gasteiger partial charge is 0.319 e. The fraction of sp³-hybridized carbons (Fsp3) is 0.500. The molecule has 1 fully saturated rings. The first-order chi connectivity index (χ1) is 14.1. The molecule has 0 spiro atoms. The van der Waals surface area contributed by atoms with Crippen molar-refractivity contribution in [2.24, 2.45) is 0 Å². The summed E-state index contributed by atoms with van der Waals surface area (Å²) >= 11 is 0. The molecule has 0 unspecified atom stereocenters. The number of amides is 3. The molecule has 3 rings (SSSR count). The number of carbonyl (C=O) groups is 2. The lowest BCUT2D eigenvalue weighted by molar-refractivity contribution is -0.139. The quantitative estimate of drug-likeness (QED) is 0.603. The van der Waals surface area contributed by atoms with Gasteiger partial charge in [0.25, 0.3) is 0 Å². The number of carbonyl (C=O) groups excluding carboxylic acids is 2. The average Bonchev–Trinajstić information content (AvgIpc) is 2.75. The highest BCUT2D eigenvalue weighted by atomic mass is 16.5. The second-order valence-corrected chi connectivity index (χ2v) is 6.83. The minimum absolute atomic E-state index is 0.0122. The number of nitrogens with one attached hydrogen (secondary N) is 2. The highest BCUT2D eigenvalue weighted by Gasteiger charge is 2.30. The van der Waals surface area contributed by atoms with E-state index >= 15 is 0 Å². The van der Waals surface area contributed by atoms with E-state index in [2.05, 4.69) is 10.6 Å². The van der Waals surface area contributed by atoms with Crippen LogP contribution in [0.4, 0.5) is 10.5 Å². The number of aliphatic hydroxyl groups excluding tert-OH is 1. The molecule has 9 nitrogen and oxygen atoms in total. The lowest BCUT2D eigenvalue weighted by Crippen LogP contribution is -2.50. The molecule has 3 N–H and O–H groups in total. The third-order valence-corrected chi connectivity index (χ3v) is 4.83. The Balaban J connectivity index is 1.53. The predicted octanol–water partition coefficient (Wildman–Crippen LogP) is 0.750. The number of morpholine rings is 1. The van der Waals surface area contributed by atoms with Crippen LogP contribution in [-0.4, -0.2) is 80.2 Å². The molecular formula is C20H27N3O6. The van der Waals surface area contributed by atoms with E-state index in [-0.39, 0.29) is 18.9 Å². The zero-order chi connectivity index (χ0) is 20.6.